The van der Waals surface area contributed by atoms with Crippen molar-refractivity contribution < 1.29 is 23.9 Å². The molecular weight excluding hydrogens is 432 g/mol. The Morgan fingerprint density at radius 2 is 2.00 bits per heavy atom. The van der Waals surface area contributed by atoms with Gasteiger partial charge in [-0.1, -0.05) is 13.8 Å². The summed E-state index contributed by atoms with van der Waals surface area (Å²) in [5.74, 6) is -1.99. The molecule has 5 nitrogen and oxygen atoms in total. The molecule has 2 atom stereocenters. The Hall–Kier alpha value is -0.790. The first-order chi connectivity index (χ1) is 11.9. The number of phenols is 1. The molecule has 1 amide bonds. The fourth-order valence-electron chi connectivity index (χ4n) is 1.69. The van der Waals surface area contributed by atoms with E-state index in [1.54, 1.807) is 13.8 Å². The van der Waals surface area contributed by atoms with Crippen molar-refractivity contribution in [1.29, 1.82) is 0 Å². The van der Waals surface area contributed by atoms with Gasteiger partial charge >= 0.3 is 0 Å². The lowest BCUT2D eigenvalue weighted by Gasteiger charge is -2.05. The predicted molar refractivity (Wildman–Crippen MR) is 108 cm³/mol. The second-order valence-electron chi connectivity index (χ2n) is 4.25. The molecule has 2 aromatic rings. The second-order valence-corrected chi connectivity index (χ2v) is 7.12. The molecule has 0 aliphatic rings. The Morgan fingerprint density at radius 3 is 2.48 bits per heavy atom. The second kappa shape index (κ2) is 12.5. The monoisotopic (exact) mass is 455 g/mol. The van der Waals surface area contributed by atoms with Crippen molar-refractivity contribution in [3.63, 3.8) is 0 Å². The van der Waals surface area contributed by atoms with Crippen LogP contribution in [0, 0.1) is 0 Å². The van der Waals surface area contributed by atoms with Gasteiger partial charge in [-0.3, -0.25) is 4.79 Å². The molecule has 2 rings (SSSR count). The summed E-state index contributed by atoms with van der Waals surface area (Å²) in [7, 11) is -0.306. The number of nitrogens with two attached hydrogens (primary N) is 1. The molecule has 9 heteroatoms. The zero-order chi connectivity index (χ0) is 19.6. The van der Waals surface area contributed by atoms with Crippen LogP contribution in [0.15, 0.2) is 16.6 Å². The molecule has 0 fully saturated rings. The number of carbonyl (C=O) groups excluding carboxylic acids is 1. The number of alkyl halides is 1. The third-order valence-electron chi connectivity index (χ3n) is 2.58. The standard InChI is InChI=1S/C12H12BrFNO3PS.C2H6O.C2H6/c1-2-18-19-11(14)10-8(13)6-3-5(12(15)17)4-7(16)9(6)20-10;1-2-3;1-2/h3-4,11,16,19H,2H2,1H3,(H2,15,17);3H,2H2,1H3;1-2H3. The molecule has 1 aromatic heterocycles. The predicted octanol–water partition coefficient (Wildman–Crippen LogP) is 5.09. The molecule has 0 aliphatic heterocycles. The number of carbonyl (C=O) groups is 1. The zero-order valence-corrected chi connectivity index (χ0v) is 18.0. The number of aliphatic hydroxyl groups excluding tert-OH is 1. The van der Waals surface area contributed by atoms with Gasteiger partial charge < -0.3 is 20.5 Å². The topological polar surface area (TPSA) is 92.8 Å². The first-order valence-electron chi connectivity index (χ1n) is 7.74. The number of aromatic hydroxyl groups is 1. The highest BCUT2D eigenvalue weighted by Crippen LogP contribution is 2.49. The number of benzene rings is 1. The number of hydrogen-bond acceptors (Lipinski definition) is 5. The van der Waals surface area contributed by atoms with Crippen molar-refractivity contribution in [3.8, 4) is 5.75 Å². The zero-order valence-electron chi connectivity index (χ0n) is 14.6. The highest BCUT2D eigenvalue weighted by atomic mass is 79.9. The molecule has 142 valence electrons. The summed E-state index contributed by atoms with van der Waals surface area (Å²) in [6.07, 6.45) is 0. The van der Waals surface area contributed by atoms with Crippen LogP contribution in [0.5, 0.6) is 5.75 Å². The Bertz CT molecular complexity index is 684. The number of phenolic OH excluding ortho intramolecular Hbond substituents is 1. The summed E-state index contributed by atoms with van der Waals surface area (Å²) in [5.41, 5.74) is 5.38. The quantitative estimate of drug-likeness (QED) is 0.547. The van der Waals surface area contributed by atoms with E-state index >= 15 is 0 Å². The summed E-state index contributed by atoms with van der Waals surface area (Å²) >= 11 is 4.45. The normalized spacial score (nSPS) is 11.6. The number of rotatable bonds is 5. The van der Waals surface area contributed by atoms with Crippen LogP contribution >= 0.6 is 36.1 Å². The number of aliphatic hydroxyl groups is 1. The van der Waals surface area contributed by atoms with Crippen LogP contribution in [0.4, 0.5) is 4.39 Å². The van der Waals surface area contributed by atoms with Crippen molar-refractivity contribution in [3.05, 3.63) is 27.0 Å². The summed E-state index contributed by atoms with van der Waals surface area (Å²) < 4.78 is 20.2. The first-order valence-corrected chi connectivity index (χ1v) is 10.3. The van der Waals surface area contributed by atoms with Crippen LogP contribution < -0.4 is 5.73 Å². The average Bonchev–Trinajstić information content (AvgIpc) is 2.93. The molecule has 0 saturated heterocycles. The highest BCUT2D eigenvalue weighted by Gasteiger charge is 2.22. The van der Waals surface area contributed by atoms with E-state index in [-0.39, 0.29) is 26.7 Å². The van der Waals surface area contributed by atoms with Crippen LogP contribution in [-0.4, -0.2) is 29.3 Å². The molecule has 4 N–H and O–H groups in total. The van der Waals surface area contributed by atoms with E-state index in [1.807, 2.05) is 13.8 Å². The van der Waals surface area contributed by atoms with E-state index in [9.17, 15) is 14.3 Å². The lowest BCUT2D eigenvalue weighted by molar-refractivity contribution is 0.1000. The average molecular weight is 456 g/mol. The van der Waals surface area contributed by atoms with Crippen molar-refractivity contribution in [2.45, 2.75) is 33.6 Å². The van der Waals surface area contributed by atoms with Gasteiger partial charge in [0.25, 0.3) is 0 Å². The van der Waals surface area contributed by atoms with Gasteiger partial charge in [0.1, 0.15) is 5.75 Å². The molecule has 1 heterocycles. The van der Waals surface area contributed by atoms with Crippen molar-refractivity contribution >= 4 is 52.1 Å². The molecule has 25 heavy (non-hydrogen) atoms. The Balaban J connectivity index is 0.00000104. The van der Waals surface area contributed by atoms with Gasteiger partial charge in [0.15, 0.2) is 5.91 Å². The first kappa shape index (κ1) is 24.2. The van der Waals surface area contributed by atoms with Crippen LogP contribution in [0.1, 0.15) is 48.8 Å². The van der Waals surface area contributed by atoms with E-state index in [0.29, 0.717) is 26.0 Å². The van der Waals surface area contributed by atoms with Gasteiger partial charge in [0.2, 0.25) is 5.91 Å². The van der Waals surface area contributed by atoms with E-state index in [2.05, 4.69) is 15.9 Å². The molecule has 0 aliphatic carbocycles. The van der Waals surface area contributed by atoms with Crippen LogP contribution in [0.2, 0.25) is 0 Å². The maximum absolute atomic E-state index is 14.1. The van der Waals surface area contributed by atoms with E-state index in [0.717, 1.165) is 11.3 Å². The van der Waals surface area contributed by atoms with Crippen LogP contribution in [0.25, 0.3) is 10.1 Å². The smallest absolute Gasteiger partial charge is 0.248 e. The van der Waals surface area contributed by atoms with Gasteiger partial charge in [-0.2, -0.15) is 0 Å². The number of halogens is 2. The number of amides is 1. The minimum Gasteiger partial charge on any atom is -0.506 e. The van der Waals surface area contributed by atoms with E-state index in [4.69, 9.17) is 15.4 Å². The van der Waals surface area contributed by atoms with E-state index < -0.39 is 11.8 Å². The van der Waals surface area contributed by atoms with Gasteiger partial charge in [0.05, 0.1) is 18.4 Å². The van der Waals surface area contributed by atoms with Crippen molar-refractivity contribution in [1.82, 2.24) is 0 Å². The number of hydrogen-bond donors (Lipinski definition) is 3. The number of thiophene rings is 1. The van der Waals surface area contributed by atoms with Gasteiger partial charge in [-0.15, -0.1) is 11.3 Å². The SMILES string of the molecule is CC.CCO.CCOPC(F)c1sc2c(O)cc(C(N)=O)cc2c1Br. The third-order valence-corrected chi connectivity index (χ3v) is 6.12. The van der Waals surface area contributed by atoms with Crippen LogP contribution in [0.3, 0.4) is 0 Å². The highest BCUT2D eigenvalue weighted by molar-refractivity contribution is 9.10. The Labute approximate surface area is 161 Å². The minimum atomic E-state index is -1.27. The van der Waals surface area contributed by atoms with Gasteiger partial charge in [-0.05, 0) is 41.9 Å². The summed E-state index contributed by atoms with van der Waals surface area (Å²) in [6, 6.07) is 2.83. The number of primary amides is 1. The maximum atomic E-state index is 14.1. The fourth-order valence-corrected chi connectivity index (χ4v) is 4.63. The summed E-state index contributed by atoms with van der Waals surface area (Å²) in [6.45, 7) is 8.17. The molecule has 0 bridgehead atoms. The lowest BCUT2D eigenvalue weighted by Crippen LogP contribution is -2.10. The molecule has 0 radical (unpaired) electrons. The fraction of sp³-hybridized carbons (Fsp3) is 0.438. The molecular formula is C16H24BrFNO4PS. The third kappa shape index (κ3) is 6.79. The van der Waals surface area contributed by atoms with Crippen molar-refractivity contribution in [2.24, 2.45) is 5.73 Å². The minimum absolute atomic E-state index is 0.0832. The molecule has 0 spiro atoms. The summed E-state index contributed by atoms with van der Waals surface area (Å²) in [4.78, 5) is 11.6. The van der Waals surface area contributed by atoms with E-state index in [1.165, 1.54) is 12.1 Å². The van der Waals surface area contributed by atoms with Crippen molar-refractivity contribution in [2.75, 3.05) is 13.2 Å². The summed E-state index contributed by atoms with van der Waals surface area (Å²) in [5, 5.41) is 18.1. The van der Waals surface area contributed by atoms with Gasteiger partial charge in [0, 0.05) is 28.6 Å². The largest absolute Gasteiger partial charge is 0.506 e. The molecule has 0 saturated carbocycles. The lowest BCUT2D eigenvalue weighted by atomic mass is 10.1. The molecule has 2 unspecified atom stereocenters. The Kier molecular flexibility index (Phi) is 12.1. The van der Waals surface area contributed by atoms with Gasteiger partial charge in [-0.25, -0.2) is 4.39 Å². The Morgan fingerprint density at radius 1 is 1.44 bits per heavy atom. The van der Waals surface area contributed by atoms with Crippen LogP contribution in [-0.2, 0) is 4.52 Å². The molecule has 1 aromatic carbocycles. The number of fused-ring (bicyclic) bond motifs is 1. The maximum Gasteiger partial charge on any atom is 0.248 e.